The van der Waals surface area contributed by atoms with E-state index in [1.165, 1.54) is 17.5 Å². The summed E-state index contributed by atoms with van der Waals surface area (Å²) in [5, 5.41) is 4.03. The lowest BCUT2D eigenvalue weighted by molar-refractivity contribution is 0.103. The van der Waals surface area contributed by atoms with E-state index in [0.717, 1.165) is 18.4 Å². The van der Waals surface area contributed by atoms with Crippen molar-refractivity contribution in [3.05, 3.63) is 52.8 Å². The number of aromatic nitrogens is 2. The van der Waals surface area contributed by atoms with Crippen LogP contribution in [-0.4, -0.2) is 15.6 Å². The summed E-state index contributed by atoms with van der Waals surface area (Å²) in [4.78, 5) is 12.2. The molecular weight excluding hydrogens is 212 g/mol. The van der Waals surface area contributed by atoms with Crippen molar-refractivity contribution in [3.63, 3.8) is 0 Å². The lowest BCUT2D eigenvalue weighted by Crippen LogP contribution is -2.01. The predicted octanol–water partition coefficient (Wildman–Crippen LogP) is 2.14. The third-order valence-electron chi connectivity index (χ3n) is 3.33. The topological polar surface area (TPSA) is 34.9 Å². The number of rotatable bonds is 2. The maximum absolute atomic E-state index is 12.2. The minimum Gasteiger partial charge on any atom is -0.288 e. The maximum Gasteiger partial charge on any atom is 0.196 e. The highest BCUT2D eigenvalue weighted by Crippen LogP contribution is 2.23. The second-order valence-electron chi connectivity index (χ2n) is 4.57. The van der Waals surface area contributed by atoms with Gasteiger partial charge in [0.1, 0.15) is 0 Å². The molecule has 0 radical (unpaired) electrons. The van der Waals surface area contributed by atoms with Gasteiger partial charge in [-0.05, 0) is 36.5 Å². The molecule has 3 nitrogen and oxygen atoms in total. The van der Waals surface area contributed by atoms with Crippen LogP contribution in [0.2, 0.25) is 0 Å². The number of benzene rings is 1. The third-order valence-corrected chi connectivity index (χ3v) is 3.33. The molecule has 3 heteroatoms. The first-order valence-electron chi connectivity index (χ1n) is 5.89. The molecule has 1 aromatic heterocycles. The van der Waals surface area contributed by atoms with Gasteiger partial charge in [-0.2, -0.15) is 5.10 Å². The van der Waals surface area contributed by atoms with Gasteiger partial charge in [0, 0.05) is 18.8 Å². The number of carbonyl (C=O) groups excluding carboxylic acids is 1. The zero-order valence-corrected chi connectivity index (χ0v) is 9.81. The lowest BCUT2D eigenvalue weighted by atomic mass is 10.0. The Bertz CT molecular complexity index is 584. The van der Waals surface area contributed by atoms with Gasteiger partial charge in [-0.25, -0.2) is 0 Å². The van der Waals surface area contributed by atoms with Gasteiger partial charge < -0.3 is 0 Å². The minimum atomic E-state index is 0.0628. The van der Waals surface area contributed by atoms with Gasteiger partial charge in [0.2, 0.25) is 0 Å². The fraction of sp³-hybridized carbons (Fsp3) is 0.286. The average molecular weight is 226 g/mol. The number of hydrogen-bond donors (Lipinski definition) is 0. The van der Waals surface area contributed by atoms with Gasteiger partial charge in [0.25, 0.3) is 0 Å². The van der Waals surface area contributed by atoms with E-state index in [1.54, 1.807) is 17.1 Å². The molecule has 1 heterocycles. The standard InChI is InChI=1S/C14H14N2O/c1-16-9-13(8-15-16)14(17)12-6-5-10-3-2-4-11(10)7-12/h5-9H,2-4H2,1H3. The van der Waals surface area contributed by atoms with Gasteiger partial charge in [0.05, 0.1) is 11.8 Å². The first-order valence-corrected chi connectivity index (χ1v) is 5.89. The van der Waals surface area contributed by atoms with Crippen LogP contribution in [0.3, 0.4) is 0 Å². The molecule has 0 saturated carbocycles. The second kappa shape index (κ2) is 3.84. The smallest absolute Gasteiger partial charge is 0.196 e. The zero-order chi connectivity index (χ0) is 11.8. The average Bonchev–Trinajstić information content (AvgIpc) is 2.95. The monoisotopic (exact) mass is 226 g/mol. The molecule has 0 atom stereocenters. The summed E-state index contributed by atoms with van der Waals surface area (Å²) in [6, 6.07) is 6.06. The van der Waals surface area contributed by atoms with Crippen molar-refractivity contribution in [2.24, 2.45) is 7.05 Å². The Hall–Kier alpha value is -1.90. The van der Waals surface area contributed by atoms with Crippen LogP contribution in [0, 0.1) is 0 Å². The van der Waals surface area contributed by atoms with E-state index in [9.17, 15) is 4.79 Å². The largest absolute Gasteiger partial charge is 0.288 e. The molecule has 3 rings (SSSR count). The Labute approximate surface area is 100 Å². The number of aryl methyl sites for hydroxylation is 3. The molecule has 0 amide bonds. The summed E-state index contributed by atoms with van der Waals surface area (Å²) in [6.45, 7) is 0. The Morgan fingerprint density at radius 2 is 2.06 bits per heavy atom. The van der Waals surface area contributed by atoms with Crippen LogP contribution in [0.4, 0.5) is 0 Å². The van der Waals surface area contributed by atoms with Crippen LogP contribution in [0.5, 0.6) is 0 Å². The quantitative estimate of drug-likeness (QED) is 0.735. The molecule has 1 aromatic carbocycles. The fourth-order valence-corrected chi connectivity index (χ4v) is 2.42. The molecule has 0 fully saturated rings. The van der Waals surface area contributed by atoms with Gasteiger partial charge >= 0.3 is 0 Å². The molecule has 0 unspecified atom stereocenters. The molecular formula is C14H14N2O. The van der Waals surface area contributed by atoms with Crippen LogP contribution in [-0.2, 0) is 19.9 Å². The Kier molecular flexibility index (Phi) is 2.32. The number of carbonyl (C=O) groups is 1. The Balaban J connectivity index is 1.97. The van der Waals surface area contributed by atoms with E-state index in [4.69, 9.17) is 0 Å². The summed E-state index contributed by atoms with van der Waals surface area (Å²) in [5.74, 6) is 0.0628. The van der Waals surface area contributed by atoms with E-state index >= 15 is 0 Å². The van der Waals surface area contributed by atoms with Crippen molar-refractivity contribution in [1.82, 2.24) is 9.78 Å². The first-order chi connectivity index (χ1) is 8.24. The SMILES string of the molecule is Cn1cc(C(=O)c2ccc3c(c2)CCC3)cn1. The number of ketones is 1. The highest BCUT2D eigenvalue weighted by atomic mass is 16.1. The van der Waals surface area contributed by atoms with Gasteiger partial charge in [-0.3, -0.25) is 9.48 Å². The summed E-state index contributed by atoms with van der Waals surface area (Å²) in [5.41, 5.74) is 4.16. The fourth-order valence-electron chi connectivity index (χ4n) is 2.42. The highest BCUT2D eigenvalue weighted by Gasteiger charge is 2.15. The maximum atomic E-state index is 12.2. The Morgan fingerprint density at radius 3 is 2.82 bits per heavy atom. The normalized spacial score (nSPS) is 13.7. The van der Waals surface area contributed by atoms with E-state index in [-0.39, 0.29) is 5.78 Å². The van der Waals surface area contributed by atoms with Crippen LogP contribution >= 0.6 is 0 Å². The van der Waals surface area contributed by atoms with Gasteiger partial charge in [-0.15, -0.1) is 0 Å². The summed E-state index contributed by atoms with van der Waals surface area (Å²) in [6.07, 6.45) is 6.84. The molecule has 86 valence electrons. The second-order valence-corrected chi connectivity index (χ2v) is 4.57. The van der Waals surface area contributed by atoms with Crippen molar-refractivity contribution in [2.75, 3.05) is 0 Å². The van der Waals surface area contributed by atoms with Crippen molar-refractivity contribution in [1.29, 1.82) is 0 Å². The van der Waals surface area contributed by atoms with E-state index in [0.29, 0.717) is 5.56 Å². The lowest BCUT2D eigenvalue weighted by Gasteiger charge is -2.02. The van der Waals surface area contributed by atoms with Crippen LogP contribution < -0.4 is 0 Å². The summed E-state index contributed by atoms with van der Waals surface area (Å²) in [7, 11) is 1.82. The number of fused-ring (bicyclic) bond motifs is 1. The first kappa shape index (κ1) is 10.3. The Morgan fingerprint density at radius 1 is 1.24 bits per heavy atom. The van der Waals surface area contributed by atoms with E-state index in [1.807, 2.05) is 19.2 Å². The van der Waals surface area contributed by atoms with Gasteiger partial charge in [-0.1, -0.05) is 12.1 Å². The highest BCUT2D eigenvalue weighted by molar-refractivity contribution is 6.08. The van der Waals surface area contributed by atoms with Gasteiger partial charge in [0.15, 0.2) is 5.78 Å². The summed E-state index contributed by atoms with van der Waals surface area (Å²) < 4.78 is 1.65. The van der Waals surface area contributed by atoms with Crippen molar-refractivity contribution in [2.45, 2.75) is 19.3 Å². The van der Waals surface area contributed by atoms with Crippen LogP contribution in [0.1, 0.15) is 33.5 Å². The molecule has 2 aromatic rings. The molecule has 0 aliphatic heterocycles. The number of hydrogen-bond acceptors (Lipinski definition) is 2. The molecule has 0 saturated heterocycles. The molecule has 1 aliphatic rings. The molecule has 0 spiro atoms. The molecule has 0 bridgehead atoms. The molecule has 17 heavy (non-hydrogen) atoms. The predicted molar refractivity (Wildman–Crippen MR) is 65.1 cm³/mol. The van der Waals surface area contributed by atoms with Crippen LogP contribution in [0.15, 0.2) is 30.6 Å². The van der Waals surface area contributed by atoms with Crippen molar-refractivity contribution < 1.29 is 4.79 Å². The number of nitrogens with zero attached hydrogens (tertiary/aromatic N) is 2. The van der Waals surface area contributed by atoms with Crippen molar-refractivity contribution in [3.8, 4) is 0 Å². The minimum absolute atomic E-state index is 0.0628. The molecule has 0 N–H and O–H groups in total. The van der Waals surface area contributed by atoms with E-state index in [2.05, 4.69) is 11.2 Å². The van der Waals surface area contributed by atoms with Crippen LogP contribution in [0.25, 0.3) is 0 Å². The summed E-state index contributed by atoms with van der Waals surface area (Å²) >= 11 is 0. The molecule has 1 aliphatic carbocycles. The third kappa shape index (κ3) is 1.78. The zero-order valence-electron chi connectivity index (χ0n) is 9.81. The van der Waals surface area contributed by atoms with Crippen molar-refractivity contribution >= 4 is 5.78 Å². The van der Waals surface area contributed by atoms with E-state index < -0.39 is 0 Å².